The van der Waals surface area contributed by atoms with E-state index in [0.717, 1.165) is 27.8 Å². The van der Waals surface area contributed by atoms with E-state index in [0.29, 0.717) is 31.0 Å². The third kappa shape index (κ3) is 4.51. The highest BCUT2D eigenvalue weighted by molar-refractivity contribution is 5.83. The van der Waals surface area contributed by atoms with Gasteiger partial charge in [0.05, 0.1) is 13.3 Å². The van der Waals surface area contributed by atoms with Gasteiger partial charge in [0.1, 0.15) is 11.6 Å². The monoisotopic (exact) mass is 407 g/mol. The second-order valence-electron chi connectivity index (χ2n) is 6.95. The van der Waals surface area contributed by atoms with Crippen LogP contribution in [-0.4, -0.2) is 29.5 Å². The Bertz CT molecular complexity index is 1150. The van der Waals surface area contributed by atoms with E-state index in [1.165, 1.54) is 12.1 Å². The molecule has 154 valence electrons. The maximum atomic E-state index is 13.4. The predicted molar refractivity (Wildman–Crippen MR) is 112 cm³/mol. The Kier molecular flexibility index (Phi) is 5.79. The number of benzene rings is 2. The van der Waals surface area contributed by atoms with Crippen molar-refractivity contribution in [2.45, 2.75) is 19.3 Å². The van der Waals surface area contributed by atoms with E-state index in [9.17, 15) is 9.18 Å². The number of hydrogen-bond donors (Lipinski definition) is 2. The van der Waals surface area contributed by atoms with Gasteiger partial charge in [-0.15, -0.1) is 0 Å². The summed E-state index contributed by atoms with van der Waals surface area (Å²) in [5.41, 5.74) is 2.75. The molecule has 2 aromatic carbocycles. The van der Waals surface area contributed by atoms with Crippen molar-refractivity contribution in [1.29, 1.82) is 0 Å². The zero-order valence-corrected chi connectivity index (χ0v) is 16.6. The Morgan fingerprint density at radius 1 is 1.20 bits per heavy atom. The first kappa shape index (κ1) is 19.7. The molecule has 0 aliphatic heterocycles. The number of carbonyl (C=O) groups is 1. The summed E-state index contributed by atoms with van der Waals surface area (Å²) in [6, 6.07) is 12.1. The number of carbonyl (C=O) groups excluding carboxylic acids is 1. The molecule has 2 N–H and O–H groups in total. The minimum Gasteiger partial charge on any atom is -0.497 e. The Labute approximate surface area is 173 Å². The van der Waals surface area contributed by atoms with Crippen LogP contribution in [0.1, 0.15) is 17.9 Å². The number of rotatable bonds is 8. The van der Waals surface area contributed by atoms with Crippen molar-refractivity contribution >= 4 is 16.8 Å². The summed E-state index contributed by atoms with van der Waals surface area (Å²) in [5.74, 6) is 1.59. The van der Waals surface area contributed by atoms with Gasteiger partial charge in [-0.1, -0.05) is 0 Å². The topological polar surface area (TPSA) is 80.1 Å². The van der Waals surface area contributed by atoms with Crippen LogP contribution in [0.15, 0.2) is 59.3 Å². The van der Waals surface area contributed by atoms with Crippen LogP contribution in [0.5, 0.6) is 5.75 Å². The Morgan fingerprint density at radius 2 is 2.03 bits per heavy atom. The molecule has 4 aromatic rings. The lowest BCUT2D eigenvalue weighted by Crippen LogP contribution is -2.25. The molecule has 0 saturated heterocycles. The third-order valence-electron chi connectivity index (χ3n) is 4.94. The Balaban J connectivity index is 1.25. The molecule has 4 rings (SSSR count). The fraction of sp³-hybridized carbons (Fsp3) is 0.217. The molecule has 0 atom stereocenters. The zero-order chi connectivity index (χ0) is 20.9. The summed E-state index contributed by atoms with van der Waals surface area (Å²) in [7, 11) is 1.62. The molecule has 0 saturated carbocycles. The summed E-state index contributed by atoms with van der Waals surface area (Å²) in [6.07, 6.45) is 4.83. The molecule has 0 aliphatic rings. The van der Waals surface area contributed by atoms with Gasteiger partial charge < -0.3 is 19.5 Å². The lowest BCUT2D eigenvalue weighted by atomic mass is 10.1. The van der Waals surface area contributed by atoms with E-state index in [2.05, 4.69) is 15.3 Å². The van der Waals surface area contributed by atoms with Gasteiger partial charge in [-0.25, -0.2) is 9.37 Å². The first-order valence-electron chi connectivity index (χ1n) is 9.74. The number of nitrogens with one attached hydrogen (secondary N) is 2. The van der Waals surface area contributed by atoms with Crippen LogP contribution in [0, 0.1) is 5.82 Å². The van der Waals surface area contributed by atoms with Gasteiger partial charge in [-0.2, -0.15) is 0 Å². The van der Waals surface area contributed by atoms with E-state index in [1.807, 2.05) is 30.5 Å². The number of H-pyrrole nitrogens is 1. The zero-order valence-electron chi connectivity index (χ0n) is 16.6. The molecule has 7 heteroatoms. The number of aryl methyl sites for hydroxylation is 1. The molecular formula is C23H22FN3O3. The summed E-state index contributed by atoms with van der Waals surface area (Å²) in [5, 5.41) is 3.73. The Morgan fingerprint density at radius 3 is 2.83 bits per heavy atom. The second kappa shape index (κ2) is 8.82. The first-order chi connectivity index (χ1) is 14.6. The number of hydrogen-bond acceptors (Lipinski definition) is 4. The fourth-order valence-electron chi connectivity index (χ4n) is 3.32. The normalized spacial score (nSPS) is 11.0. The molecule has 2 heterocycles. The van der Waals surface area contributed by atoms with E-state index < -0.39 is 0 Å². The van der Waals surface area contributed by atoms with Crippen LogP contribution >= 0.6 is 0 Å². The molecule has 2 aromatic heterocycles. The number of aromatic nitrogens is 2. The number of halogens is 1. The molecule has 0 spiro atoms. The highest BCUT2D eigenvalue weighted by atomic mass is 19.1. The molecule has 0 fully saturated rings. The maximum absolute atomic E-state index is 13.4. The number of fused-ring (bicyclic) bond motifs is 1. The van der Waals surface area contributed by atoms with Crippen molar-refractivity contribution in [3.05, 3.63) is 72.1 Å². The average molecular weight is 407 g/mol. The molecule has 0 unspecified atom stereocenters. The van der Waals surface area contributed by atoms with Crippen molar-refractivity contribution < 1.29 is 18.3 Å². The van der Waals surface area contributed by atoms with Gasteiger partial charge in [0, 0.05) is 42.0 Å². The molecule has 30 heavy (non-hydrogen) atoms. The van der Waals surface area contributed by atoms with E-state index in [1.54, 1.807) is 19.4 Å². The molecule has 1 amide bonds. The van der Waals surface area contributed by atoms with Crippen molar-refractivity contribution in [1.82, 2.24) is 15.3 Å². The average Bonchev–Trinajstić information content (AvgIpc) is 3.39. The highest BCUT2D eigenvalue weighted by Gasteiger charge is 2.10. The summed E-state index contributed by atoms with van der Waals surface area (Å²) in [6.45, 7) is 0.477. The van der Waals surface area contributed by atoms with Crippen LogP contribution < -0.4 is 10.1 Å². The first-order valence-corrected chi connectivity index (χ1v) is 9.74. The SMILES string of the molecule is COc1ccc(-c2cnc(CCC(=O)NCCc3c[nH]c4ccc(F)cc34)o2)cc1. The number of oxazole rings is 1. The lowest BCUT2D eigenvalue weighted by molar-refractivity contribution is -0.121. The van der Waals surface area contributed by atoms with Crippen molar-refractivity contribution in [3.63, 3.8) is 0 Å². The van der Waals surface area contributed by atoms with Gasteiger partial charge >= 0.3 is 0 Å². The minimum absolute atomic E-state index is 0.0785. The summed E-state index contributed by atoms with van der Waals surface area (Å²) in [4.78, 5) is 19.5. The van der Waals surface area contributed by atoms with Gasteiger partial charge in [0.2, 0.25) is 5.91 Å². The molecule has 6 nitrogen and oxygen atoms in total. The number of amides is 1. The number of nitrogens with zero attached hydrogens (tertiary/aromatic N) is 1. The van der Waals surface area contributed by atoms with Crippen LogP contribution in [0.4, 0.5) is 4.39 Å². The lowest BCUT2D eigenvalue weighted by Gasteiger charge is -2.04. The number of methoxy groups -OCH3 is 1. The fourth-order valence-corrected chi connectivity index (χ4v) is 3.32. The van der Waals surface area contributed by atoms with E-state index in [-0.39, 0.29) is 18.1 Å². The number of ether oxygens (including phenoxy) is 1. The second-order valence-corrected chi connectivity index (χ2v) is 6.95. The molecule has 0 aliphatic carbocycles. The number of aromatic amines is 1. The van der Waals surface area contributed by atoms with Crippen LogP contribution in [0.25, 0.3) is 22.2 Å². The van der Waals surface area contributed by atoms with Gasteiger partial charge in [-0.05, 0) is 54.4 Å². The molecule has 0 radical (unpaired) electrons. The minimum atomic E-state index is -0.271. The van der Waals surface area contributed by atoms with Gasteiger partial charge in [0.25, 0.3) is 0 Å². The Hall–Kier alpha value is -3.61. The predicted octanol–water partition coefficient (Wildman–Crippen LogP) is 4.26. The van der Waals surface area contributed by atoms with Crippen molar-refractivity contribution in [2.24, 2.45) is 0 Å². The van der Waals surface area contributed by atoms with Crippen molar-refractivity contribution in [3.8, 4) is 17.1 Å². The quantitative estimate of drug-likeness (QED) is 0.457. The van der Waals surface area contributed by atoms with Crippen LogP contribution in [-0.2, 0) is 17.6 Å². The van der Waals surface area contributed by atoms with Crippen LogP contribution in [0.3, 0.4) is 0 Å². The van der Waals surface area contributed by atoms with Gasteiger partial charge in [-0.3, -0.25) is 4.79 Å². The summed E-state index contributed by atoms with van der Waals surface area (Å²) < 4.78 is 24.3. The van der Waals surface area contributed by atoms with E-state index >= 15 is 0 Å². The van der Waals surface area contributed by atoms with Crippen molar-refractivity contribution in [2.75, 3.05) is 13.7 Å². The maximum Gasteiger partial charge on any atom is 0.220 e. The molecule has 0 bridgehead atoms. The smallest absolute Gasteiger partial charge is 0.220 e. The van der Waals surface area contributed by atoms with Crippen LogP contribution in [0.2, 0.25) is 0 Å². The standard InChI is InChI=1S/C23H22FN3O3/c1-29-18-5-2-15(3-6-18)21-14-27-23(30-21)9-8-22(28)25-11-10-16-13-26-20-7-4-17(24)12-19(16)20/h2-7,12-14,26H,8-11H2,1H3,(H,25,28). The van der Waals surface area contributed by atoms with Gasteiger partial charge in [0.15, 0.2) is 11.7 Å². The molecular weight excluding hydrogens is 385 g/mol. The van der Waals surface area contributed by atoms with E-state index in [4.69, 9.17) is 9.15 Å². The third-order valence-corrected chi connectivity index (χ3v) is 4.94. The summed E-state index contributed by atoms with van der Waals surface area (Å²) >= 11 is 0. The largest absolute Gasteiger partial charge is 0.497 e. The highest BCUT2D eigenvalue weighted by Crippen LogP contribution is 2.23.